The van der Waals surface area contributed by atoms with Gasteiger partial charge in [0.25, 0.3) is 0 Å². The number of aryl methyl sites for hydroxylation is 1. The van der Waals surface area contributed by atoms with Crippen molar-refractivity contribution in [1.29, 1.82) is 0 Å². The zero-order valence-corrected chi connectivity index (χ0v) is 14.0. The molecule has 0 saturated carbocycles. The summed E-state index contributed by atoms with van der Waals surface area (Å²) in [5.41, 5.74) is 1.16. The van der Waals surface area contributed by atoms with Gasteiger partial charge >= 0.3 is 0 Å². The highest BCUT2D eigenvalue weighted by Gasteiger charge is 2.46. The molecule has 0 spiro atoms. The van der Waals surface area contributed by atoms with Gasteiger partial charge in [0.05, 0.1) is 24.5 Å². The third-order valence-electron chi connectivity index (χ3n) is 4.83. The summed E-state index contributed by atoms with van der Waals surface area (Å²) >= 11 is 0. The van der Waals surface area contributed by atoms with E-state index in [2.05, 4.69) is 23.9 Å². The van der Waals surface area contributed by atoms with Crippen molar-refractivity contribution in [2.24, 2.45) is 5.41 Å². The van der Waals surface area contributed by atoms with Crippen LogP contribution >= 0.6 is 0 Å². The van der Waals surface area contributed by atoms with E-state index in [4.69, 9.17) is 14.0 Å². The zero-order chi connectivity index (χ0) is 15.6. The number of fused-ring (bicyclic) bond motifs is 1. The SMILES string of the molecule is Cc1cc(CN2CC[C@@H]3OCCC[C@]3(COC(C)C)C2)no1. The van der Waals surface area contributed by atoms with E-state index in [1.54, 1.807) is 0 Å². The molecule has 0 amide bonds. The van der Waals surface area contributed by atoms with Crippen molar-refractivity contribution in [2.45, 2.75) is 58.8 Å². The minimum Gasteiger partial charge on any atom is -0.378 e. The zero-order valence-electron chi connectivity index (χ0n) is 14.0. The molecule has 124 valence electrons. The number of hydrogen-bond donors (Lipinski definition) is 0. The third kappa shape index (κ3) is 3.53. The van der Waals surface area contributed by atoms with Crippen molar-refractivity contribution in [2.75, 3.05) is 26.3 Å². The van der Waals surface area contributed by atoms with E-state index < -0.39 is 0 Å². The molecule has 0 aliphatic carbocycles. The van der Waals surface area contributed by atoms with Crippen molar-refractivity contribution in [3.63, 3.8) is 0 Å². The Hall–Kier alpha value is -0.910. The normalized spacial score (nSPS) is 29.7. The van der Waals surface area contributed by atoms with Gasteiger partial charge in [-0.3, -0.25) is 4.90 Å². The average Bonchev–Trinajstić information content (AvgIpc) is 2.90. The van der Waals surface area contributed by atoms with Gasteiger partial charge in [0, 0.05) is 37.7 Å². The second-order valence-corrected chi connectivity index (χ2v) is 7.11. The molecule has 2 atom stereocenters. The van der Waals surface area contributed by atoms with E-state index in [0.717, 1.165) is 57.1 Å². The fourth-order valence-electron chi connectivity index (χ4n) is 3.78. The Morgan fingerprint density at radius 3 is 3.09 bits per heavy atom. The highest BCUT2D eigenvalue weighted by molar-refractivity contribution is 5.05. The van der Waals surface area contributed by atoms with Gasteiger partial charge < -0.3 is 14.0 Å². The minimum atomic E-state index is 0.138. The maximum Gasteiger partial charge on any atom is 0.133 e. The predicted octanol–water partition coefficient (Wildman–Crippen LogP) is 2.78. The monoisotopic (exact) mass is 308 g/mol. The van der Waals surface area contributed by atoms with E-state index >= 15 is 0 Å². The fourth-order valence-corrected chi connectivity index (χ4v) is 3.78. The number of ether oxygens (including phenoxy) is 2. The van der Waals surface area contributed by atoms with Gasteiger partial charge in [-0.25, -0.2) is 0 Å². The van der Waals surface area contributed by atoms with Gasteiger partial charge in [0.15, 0.2) is 0 Å². The van der Waals surface area contributed by atoms with E-state index in [9.17, 15) is 0 Å². The molecule has 0 N–H and O–H groups in total. The Morgan fingerprint density at radius 2 is 2.36 bits per heavy atom. The van der Waals surface area contributed by atoms with E-state index in [-0.39, 0.29) is 11.5 Å². The lowest BCUT2D eigenvalue weighted by Gasteiger charge is -2.50. The lowest BCUT2D eigenvalue weighted by atomic mass is 9.73. The van der Waals surface area contributed by atoms with Crippen LogP contribution in [0.4, 0.5) is 0 Å². The summed E-state index contributed by atoms with van der Waals surface area (Å²) in [5, 5.41) is 4.13. The van der Waals surface area contributed by atoms with Crippen LogP contribution in [0.25, 0.3) is 0 Å². The molecule has 22 heavy (non-hydrogen) atoms. The van der Waals surface area contributed by atoms with Crippen LogP contribution in [0, 0.1) is 12.3 Å². The second-order valence-electron chi connectivity index (χ2n) is 7.11. The van der Waals surface area contributed by atoms with E-state index in [1.165, 1.54) is 6.42 Å². The first-order valence-corrected chi connectivity index (χ1v) is 8.45. The molecular weight excluding hydrogens is 280 g/mol. The molecular formula is C17H28N2O3. The predicted molar refractivity (Wildman–Crippen MR) is 83.6 cm³/mol. The third-order valence-corrected chi connectivity index (χ3v) is 4.83. The first kappa shape index (κ1) is 16.0. The number of aromatic nitrogens is 1. The Kier molecular flexibility index (Phi) is 4.85. The Morgan fingerprint density at radius 1 is 1.50 bits per heavy atom. The van der Waals surface area contributed by atoms with Crippen molar-refractivity contribution >= 4 is 0 Å². The van der Waals surface area contributed by atoms with Gasteiger partial charge in [0.2, 0.25) is 0 Å². The fraction of sp³-hybridized carbons (Fsp3) is 0.824. The first-order chi connectivity index (χ1) is 10.6. The molecule has 0 radical (unpaired) electrons. The van der Waals surface area contributed by atoms with Crippen LogP contribution in [0.2, 0.25) is 0 Å². The highest BCUT2D eigenvalue weighted by atomic mass is 16.5. The molecule has 0 unspecified atom stereocenters. The van der Waals surface area contributed by atoms with Crippen molar-refractivity contribution in [3.05, 3.63) is 17.5 Å². The van der Waals surface area contributed by atoms with Crippen molar-refractivity contribution < 1.29 is 14.0 Å². The molecule has 2 aliphatic rings. The molecule has 1 aromatic rings. The summed E-state index contributed by atoms with van der Waals surface area (Å²) in [6.07, 6.45) is 4.02. The van der Waals surface area contributed by atoms with Crippen LogP contribution in [0.5, 0.6) is 0 Å². The number of nitrogens with zero attached hydrogens (tertiary/aromatic N) is 2. The van der Waals surface area contributed by atoms with Crippen LogP contribution < -0.4 is 0 Å². The highest BCUT2D eigenvalue weighted by Crippen LogP contribution is 2.41. The smallest absolute Gasteiger partial charge is 0.133 e. The Bertz CT molecular complexity index is 488. The summed E-state index contributed by atoms with van der Waals surface area (Å²) in [6.45, 7) is 10.8. The topological polar surface area (TPSA) is 47.7 Å². The first-order valence-electron chi connectivity index (χ1n) is 8.45. The maximum absolute atomic E-state index is 6.08. The molecule has 3 rings (SSSR count). The number of likely N-dealkylation sites (tertiary alicyclic amines) is 1. The second kappa shape index (κ2) is 6.69. The van der Waals surface area contributed by atoms with Gasteiger partial charge in [-0.15, -0.1) is 0 Å². The quantitative estimate of drug-likeness (QED) is 0.837. The Labute approximate surface area is 132 Å². The van der Waals surface area contributed by atoms with Crippen molar-refractivity contribution in [1.82, 2.24) is 10.1 Å². The molecule has 0 aromatic carbocycles. The molecule has 1 aromatic heterocycles. The standard InChI is InChI=1S/C17H28N2O3/c1-13(2)21-12-17-6-4-8-20-16(17)5-7-19(11-17)10-15-9-14(3)22-18-15/h9,13,16H,4-8,10-12H2,1-3H3/t16-,17+/m0/s1. The summed E-state index contributed by atoms with van der Waals surface area (Å²) in [4.78, 5) is 2.48. The summed E-state index contributed by atoms with van der Waals surface area (Å²) in [5.74, 6) is 0.878. The van der Waals surface area contributed by atoms with Crippen LogP contribution in [0.1, 0.15) is 44.6 Å². The molecule has 2 saturated heterocycles. The molecule has 2 fully saturated rings. The molecule has 0 bridgehead atoms. The minimum absolute atomic E-state index is 0.138. The van der Waals surface area contributed by atoms with Crippen LogP contribution in [0.3, 0.4) is 0 Å². The summed E-state index contributed by atoms with van der Waals surface area (Å²) in [6, 6.07) is 2.03. The molecule has 5 heteroatoms. The lowest BCUT2D eigenvalue weighted by Crippen LogP contribution is -2.56. The molecule has 2 aliphatic heterocycles. The van der Waals surface area contributed by atoms with Crippen molar-refractivity contribution in [3.8, 4) is 0 Å². The molecule has 5 nitrogen and oxygen atoms in total. The van der Waals surface area contributed by atoms with E-state index in [1.807, 2.05) is 13.0 Å². The summed E-state index contributed by atoms with van der Waals surface area (Å²) in [7, 11) is 0. The van der Waals surface area contributed by atoms with Gasteiger partial charge in [-0.05, 0) is 40.0 Å². The largest absolute Gasteiger partial charge is 0.378 e. The van der Waals surface area contributed by atoms with Crippen LogP contribution in [0.15, 0.2) is 10.6 Å². The Balaban J connectivity index is 1.68. The van der Waals surface area contributed by atoms with Crippen LogP contribution in [-0.2, 0) is 16.0 Å². The van der Waals surface area contributed by atoms with Gasteiger partial charge in [-0.1, -0.05) is 5.16 Å². The van der Waals surface area contributed by atoms with Crippen LogP contribution in [-0.4, -0.2) is 48.6 Å². The lowest BCUT2D eigenvalue weighted by molar-refractivity contribution is -0.159. The number of rotatable bonds is 5. The maximum atomic E-state index is 6.08. The molecule has 3 heterocycles. The van der Waals surface area contributed by atoms with E-state index in [0.29, 0.717) is 6.10 Å². The van der Waals surface area contributed by atoms with Gasteiger partial charge in [-0.2, -0.15) is 0 Å². The average molecular weight is 308 g/mol. The number of piperidine rings is 1. The van der Waals surface area contributed by atoms with Gasteiger partial charge in [0.1, 0.15) is 5.76 Å². The number of hydrogen-bond acceptors (Lipinski definition) is 5. The summed E-state index contributed by atoms with van der Waals surface area (Å²) < 4.78 is 17.3.